The highest BCUT2D eigenvalue weighted by Crippen LogP contribution is 2.23. The topological polar surface area (TPSA) is 85.6 Å². The van der Waals surface area contributed by atoms with Gasteiger partial charge in [-0.15, -0.1) is 0 Å². The molecule has 0 radical (unpaired) electrons. The maximum Gasteiger partial charge on any atom is 0.266 e. The SMILES string of the molecule is COc1ccccc1/C=C/C=N/NC(=O)CSc1nc2ccccc2c(=O)n1-c1ccccc1C. The zero-order valence-corrected chi connectivity index (χ0v) is 20.2. The van der Waals surface area contributed by atoms with Gasteiger partial charge in [-0.05, 0) is 48.9 Å². The van der Waals surface area contributed by atoms with E-state index in [4.69, 9.17) is 4.74 Å². The summed E-state index contributed by atoms with van der Waals surface area (Å²) in [5, 5.41) is 4.93. The van der Waals surface area contributed by atoms with Gasteiger partial charge in [-0.3, -0.25) is 14.2 Å². The van der Waals surface area contributed by atoms with Gasteiger partial charge in [-0.25, -0.2) is 10.4 Å². The summed E-state index contributed by atoms with van der Waals surface area (Å²) in [5.74, 6) is 0.486. The van der Waals surface area contributed by atoms with Crippen molar-refractivity contribution in [1.82, 2.24) is 15.0 Å². The Morgan fingerprint density at radius 2 is 1.83 bits per heavy atom. The van der Waals surface area contributed by atoms with Crippen molar-refractivity contribution < 1.29 is 9.53 Å². The Bertz CT molecular complexity index is 1480. The number of hydrogen-bond acceptors (Lipinski definition) is 6. The van der Waals surface area contributed by atoms with E-state index in [0.29, 0.717) is 16.1 Å². The van der Waals surface area contributed by atoms with Crippen molar-refractivity contribution in [2.45, 2.75) is 12.1 Å². The molecule has 1 heterocycles. The fraction of sp³-hybridized carbons (Fsp3) is 0.111. The van der Waals surface area contributed by atoms with E-state index < -0.39 is 0 Å². The molecule has 4 aromatic rings. The summed E-state index contributed by atoms with van der Waals surface area (Å²) in [6, 6.07) is 22.4. The molecule has 3 aromatic carbocycles. The first-order valence-corrected chi connectivity index (χ1v) is 11.9. The second-order valence-corrected chi connectivity index (χ2v) is 8.48. The molecule has 0 atom stereocenters. The van der Waals surface area contributed by atoms with Crippen LogP contribution in [0.2, 0.25) is 0 Å². The van der Waals surface area contributed by atoms with E-state index in [1.807, 2.05) is 73.7 Å². The maximum absolute atomic E-state index is 13.3. The van der Waals surface area contributed by atoms with Gasteiger partial charge >= 0.3 is 0 Å². The Morgan fingerprint density at radius 1 is 1.09 bits per heavy atom. The van der Waals surface area contributed by atoms with Gasteiger partial charge in [0.25, 0.3) is 11.5 Å². The lowest BCUT2D eigenvalue weighted by molar-refractivity contribution is -0.118. The lowest BCUT2D eigenvalue weighted by Crippen LogP contribution is -2.24. The first-order chi connectivity index (χ1) is 17.1. The largest absolute Gasteiger partial charge is 0.496 e. The number of ether oxygens (including phenoxy) is 1. The number of hydrazone groups is 1. The number of rotatable bonds is 8. The van der Waals surface area contributed by atoms with Crippen LogP contribution in [0.25, 0.3) is 22.7 Å². The molecule has 0 aliphatic heterocycles. The van der Waals surface area contributed by atoms with Crippen LogP contribution < -0.4 is 15.7 Å². The first kappa shape index (κ1) is 24.0. The van der Waals surface area contributed by atoms with E-state index in [0.717, 1.165) is 22.6 Å². The Hall–Kier alpha value is -4.17. The molecule has 1 amide bonds. The number of methoxy groups -OCH3 is 1. The summed E-state index contributed by atoms with van der Waals surface area (Å²) in [4.78, 5) is 30.4. The third-order valence-electron chi connectivity index (χ3n) is 5.20. The number of nitrogens with one attached hydrogen (secondary N) is 1. The molecule has 35 heavy (non-hydrogen) atoms. The number of carbonyl (C=O) groups excluding carboxylic acids is 1. The summed E-state index contributed by atoms with van der Waals surface area (Å²) in [6.07, 6.45) is 5.04. The van der Waals surface area contributed by atoms with Crippen LogP contribution in [0.3, 0.4) is 0 Å². The zero-order chi connectivity index (χ0) is 24.6. The molecule has 176 valence electrons. The Labute approximate surface area is 207 Å². The minimum atomic E-state index is -0.310. The van der Waals surface area contributed by atoms with Crippen LogP contribution in [-0.4, -0.2) is 34.5 Å². The molecule has 1 aromatic heterocycles. The highest BCUT2D eigenvalue weighted by atomic mass is 32.2. The number of aryl methyl sites for hydroxylation is 1. The van der Waals surface area contributed by atoms with Gasteiger partial charge in [0.1, 0.15) is 5.75 Å². The van der Waals surface area contributed by atoms with Crippen molar-refractivity contribution in [2.75, 3.05) is 12.9 Å². The summed E-state index contributed by atoms with van der Waals surface area (Å²) in [6.45, 7) is 1.94. The van der Waals surface area contributed by atoms with E-state index in [9.17, 15) is 9.59 Å². The van der Waals surface area contributed by atoms with E-state index in [1.165, 1.54) is 18.0 Å². The second-order valence-electron chi connectivity index (χ2n) is 7.54. The van der Waals surface area contributed by atoms with Crippen LogP contribution in [0.5, 0.6) is 5.75 Å². The van der Waals surface area contributed by atoms with Crippen LogP contribution in [-0.2, 0) is 4.79 Å². The minimum Gasteiger partial charge on any atom is -0.496 e. The third kappa shape index (κ3) is 5.67. The molecule has 0 saturated carbocycles. The molecule has 0 aliphatic rings. The molecule has 0 unspecified atom stereocenters. The normalized spacial score (nSPS) is 11.4. The van der Waals surface area contributed by atoms with Gasteiger partial charge in [0.15, 0.2) is 5.16 Å². The third-order valence-corrected chi connectivity index (χ3v) is 6.14. The predicted molar refractivity (Wildman–Crippen MR) is 141 cm³/mol. The summed E-state index contributed by atoms with van der Waals surface area (Å²) in [5.41, 5.74) is 5.49. The molecular formula is C27H24N4O3S. The number of para-hydroxylation sites is 3. The summed E-state index contributed by atoms with van der Waals surface area (Å²) in [7, 11) is 1.61. The van der Waals surface area contributed by atoms with Crippen molar-refractivity contribution in [3.8, 4) is 11.4 Å². The van der Waals surface area contributed by atoms with Gasteiger partial charge in [0.05, 0.1) is 29.5 Å². The lowest BCUT2D eigenvalue weighted by atomic mass is 10.2. The Kier molecular flexibility index (Phi) is 7.74. The Balaban J connectivity index is 1.49. The monoisotopic (exact) mass is 484 g/mol. The van der Waals surface area contributed by atoms with E-state index in [2.05, 4.69) is 15.5 Å². The molecule has 0 bridgehead atoms. The number of allylic oxidation sites excluding steroid dienone is 1. The first-order valence-electron chi connectivity index (χ1n) is 10.9. The second kappa shape index (κ2) is 11.3. The van der Waals surface area contributed by atoms with E-state index >= 15 is 0 Å². The molecule has 8 heteroatoms. The van der Waals surface area contributed by atoms with Gasteiger partial charge in [-0.1, -0.05) is 60.3 Å². The minimum absolute atomic E-state index is 0.0459. The Morgan fingerprint density at radius 3 is 2.66 bits per heavy atom. The van der Waals surface area contributed by atoms with Crippen molar-refractivity contribution in [2.24, 2.45) is 5.10 Å². The number of nitrogens with zero attached hydrogens (tertiary/aromatic N) is 3. The van der Waals surface area contributed by atoms with Crippen LogP contribution in [0.15, 0.2) is 93.9 Å². The summed E-state index contributed by atoms with van der Waals surface area (Å²) >= 11 is 1.18. The van der Waals surface area contributed by atoms with E-state index in [-0.39, 0.29) is 17.2 Å². The number of fused-ring (bicyclic) bond motifs is 1. The number of amides is 1. The zero-order valence-electron chi connectivity index (χ0n) is 19.3. The van der Waals surface area contributed by atoms with Crippen molar-refractivity contribution in [1.29, 1.82) is 0 Å². The highest BCUT2D eigenvalue weighted by molar-refractivity contribution is 7.99. The number of thioether (sulfide) groups is 1. The molecule has 4 rings (SSSR count). The molecule has 0 spiro atoms. The quantitative estimate of drug-likeness (QED) is 0.171. The van der Waals surface area contributed by atoms with Gasteiger partial charge < -0.3 is 4.74 Å². The molecule has 1 N–H and O–H groups in total. The average Bonchev–Trinajstić information content (AvgIpc) is 2.88. The number of aromatic nitrogens is 2. The fourth-order valence-corrected chi connectivity index (χ4v) is 4.30. The van der Waals surface area contributed by atoms with Gasteiger partial charge in [0.2, 0.25) is 0 Å². The van der Waals surface area contributed by atoms with Crippen LogP contribution in [0, 0.1) is 6.92 Å². The number of hydrogen-bond donors (Lipinski definition) is 1. The molecule has 0 aliphatic carbocycles. The standard InChI is InChI=1S/C27H24N4O3S/c1-19-10-3-7-15-23(19)31-26(33)21-13-5-6-14-22(21)29-27(31)35-18-25(32)30-28-17-9-12-20-11-4-8-16-24(20)34-2/h3-17H,18H2,1-2H3,(H,30,32)/b12-9+,28-17+. The lowest BCUT2D eigenvalue weighted by Gasteiger charge is -2.14. The number of benzene rings is 3. The van der Waals surface area contributed by atoms with Crippen molar-refractivity contribution in [3.05, 3.63) is 100 Å². The van der Waals surface area contributed by atoms with Crippen LogP contribution >= 0.6 is 11.8 Å². The maximum atomic E-state index is 13.3. The average molecular weight is 485 g/mol. The van der Waals surface area contributed by atoms with Gasteiger partial charge in [0, 0.05) is 11.8 Å². The highest BCUT2D eigenvalue weighted by Gasteiger charge is 2.15. The molecule has 7 nitrogen and oxygen atoms in total. The van der Waals surface area contributed by atoms with Crippen LogP contribution in [0.4, 0.5) is 0 Å². The molecule has 0 fully saturated rings. The van der Waals surface area contributed by atoms with Crippen molar-refractivity contribution in [3.63, 3.8) is 0 Å². The molecule has 0 saturated heterocycles. The smallest absolute Gasteiger partial charge is 0.266 e. The fourth-order valence-electron chi connectivity index (χ4n) is 3.50. The predicted octanol–water partition coefficient (Wildman–Crippen LogP) is 4.61. The van der Waals surface area contributed by atoms with Crippen LogP contribution in [0.1, 0.15) is 11.1 Å². The number of carbonyl (C=O) groups is 1. The van der Waals surface area contributed by atoms with Crippen molar-refractivity contribution >= 4 is 40.9 Å². The molecular weight excluding hydrogens is 460 g/mol. The van der Waals surface area contributed by atoms with E-state index in [1.54, 1.807) is 29.9 Å². The summed E-state index contributed by atoms with van der Waals surface area (Å²) < 4.78 is 6.86. The van der Waals surface area contributed by atoms with Gasteiger partial charge in [-0.2, -0.15) is 5.10 Å².